The Balaban J connectivity index is 0.989. The molecule has 240 valence electrons. The van der Waals surface area contributed by atoms with Gasteiger partial charge in [-0.05, 0) is 80.6 Å². The van der Waals surface area contributed by atoms with Gasteiger partial charge in [-0.15, -0.1) is 11.3 Å². The molecule has 8 nitrogen and oxygen atoms in total. The van der Waals surface area contributed by atoms with Crippen LogP contribution in [0.3, 0.4) is 0 Å². The van der Waals surface area contributed by atoms with Crippen LogP contribution < -0.4 is 4.74 Å². The van der Waals surface area contributed by atoms with Gasteiger partial charge in [0.15, 0.2) is 11.6 Å². The summed E-state index contributed by atoms with van der Waals surface area (Å²) in [4.78, 5) is 42.4. The summed E-state index contributed by atoms with van der Waals surface area (Å²) in [5.41, 5.74) is 3.39. The number of amides is 1. The number of likely N-dealkylation sites (tertiary alicyclic amines) is 1. The fourth-order valence-corrected chi connectivity index (χ4v) is 7.57. The van der Waals surface area contributed by atoms with E-state index in [4.69, 9.17) is 9.72 Å². The number of halogens is 1. The minimum atomic E-state index is -0.487. The smallest absolute Gasteiger partial charge is 0.227 e. The largest absolute Gasteiger partial charge is 0.453 e. The van der Waals surface area contributed by atoms with Crippen LogP contribution in [0.1, 0.15) is 43.2 Å². The average molecular weight is 642 g/mol. The molecule has 1 aromatic carbocycles. The maximum atomic E-state index is 15.0. The molecule has 0 N–H and O–H groups in total. The molecule has 46 heavy (non-hydrogen) atoms. The number of ketones is 1. The number of Topliss-reactive ketones (excluding diaryl/α,β-unsaturated/α-hetero) is 1. The summed E-state index contributed by atoms with van der Waals surface area (Å²) in [5.74, 6) is 1.22. The number of carbonyl (C=O) groups is 2. The zero-order valence-corrected chi connectivity index (χ0v) is 27.1. The number of thiophene rings is 1. The van der Waals surface area contributed by atoms with Crippen LogP contribution >= 0.6 is 11.3 Å². The van der Waals surface area contributed by atoms with E-state index in [1.165, 1.54) is 17.4 Å². The maximum Gasteiger partial charge on any atom is 0.227 e. The number of rotatable bonds is 10. The van der Waals surface area contributed by atoms with Crippen molar-refractivity contribution in [1.82, 2.24) is 24.7 Å². The molecule has 0 bridgehead atoms. The highest BCUT2D eigenvalue weighted by Crippen LogP contribution is 2.39. The van der Waals surface area contributed by atoms with Crippen LogP contribution in [0.2, 0.25) is 0 Å². The van der Waals surface area contributed by atoms with E-state index >= 15 is 4.39 Å². The third-order valence-corrected chi connectivity index (χ3v) is 10.5. The zero-order chi connectivity index (χ0) is 31.6. The Morgan fingerprint density at radius 3 is 2.54 bits per heavy atom. The van der Waals surface area contributed by atoms with Crippen molar-refractivity contribution in [1.29, 1.82) is 0 Å². The van der Waals surface area contributed by atoms with Gasteiger partial charge in [0.25, 0.3) is 0 Å². The molecule has 7 rings (SSSR count). The Labute approximate surface area is 273 Å². The van der Waals surface area contributed by atoms with Crippen LogP contribution in [0.4, 0.5) is 4.39 Å². The highest BCUT2D eigenvalue weighted by molar-refractivity contribution is 7.22. The van der Waals surface area contributed by atoms with Crippen molar-refractivity contribution in [2.24, 2.45) is 11.8 Å². The number of hydrogen-bond acceptors (Lipinski definition) is 8. The van der Waals surface area contributed by atoms with Gasteiger partial charge in [-0.1, -0.05) is 12.1 Å². The molecule has 0 spiro atoms. The number of fused-ring (bicyclic) bond motifs is 1. The second kappa shape index (κ2) is 13.6. The predicted octanol–water partition coefficient (Wildman–Crippen LogP) is 6.19. The van der Waals surface area contributed by atoms with E-state index in [1.807, 2.05) is 23.2 Å². The van der Waals surface area contributed by atoms with Crippen molar-refractivity contribution in [2.45, 2.75) is 45.1 Å². The standard InChI is InChI=1S/C36H40FN5O3S/c1-40-13-15-42(16-14-40)36(44)27-3-2-12-41(23-27)22-26-6-8-30(39-21-26)34-20-31-35(46-34)33(10-11-38-31)45-32-9-7-25(19-29(32)37)18-28(43)17-24-4-5-24/h6-11,19-21,24,27H,2-5,12-18,22-23H2,1H3. The predicted molar refractivity (Wildman–Crippen MR) is 177 cm³/mol. The molecule has 2 saturated heterocycles. The van der Waals surface area contributed by atoms with Gasteiger partial charge in [0.2, 0.25) is 5.91 Å². The summed E-state index contributed by atoms with van der Waals surface area (Å²) < 4.78 is 21.9. The van der Waals surface area contributed by atoms with Crippen LogP contribution in [-0.2, 0) is 22.6 Å². The Bertz CT molecular complexity index is 1710. The summed E-state index contributed by atoms with van der Waals surface area (Å²) in [7, 11) is 2.11. The number of benzene rings is 1. The van der Waals surface area contributed by atoms with Gasteiger partial charge >= 0.3 is 0 Å². The van der Waals surface area contributed by atoms with Gasteiger partial charge < -0.3 is 14.5 Å². The lowest BCUT2D eigenvalue weighted by atomic mass is 9.96. The summed E-state index contributed by atoms with van der Waals surface area (Å²) in [6, 6.07) is 12.6. The fraction of sp³-hybridized carbons (Fsp3) is 0.444. The van der Waals surface area contributed by atoms with Crippen molar-refractivity contribution in [3.8, 4) is 22.1 Å². The normalized spacial score (nSPS) is 19.4. The number of piperazine rings is 1. The number of likely N-dealkylation sites (N-methyl/N-ethyl adjacent to an activating group) is 1. The highest BCUT2D eigenvalue weighted by Gasteiger charge is 2.30. The van der Waals surface area contributed by atoms with E-state index in [9.17, 15) is 9.59 Å². The molecule has 10 heteroatoms. The van der Waals surface area contributed by atoms with Gasteiger partial charge in [-0.3, -0.25) is 24.5 Å². The molecule has 0 radical (unpaired) electrons. The second-order valence-corrected chi connectivity index (χ2v) is 14.2. The molecule has 1 atom stereocenters. The zero-order valence-electron chi connectivity index (χ0n) is 26.3. The number of hydrogen-bond donors (Lipinski definition) is 0. The number of pyridine rings is 2. The monoisotopic (exact) mass is 641 g/mol. The van der Waals surface area contributed by atoms with Crippen LogP contribution in [-0.4, -0.2) is 82.7 Å². The first-order chi connectivity index (χ1) is 22.4. The van der Waals surface area contributed by atoms with E-state index in [0.29, 0.717) is 29.6 Å². The third-order valence-electron chi connectivity index (χ3n) is 9.36. The van der Waals surface area contributed by atoms with Gasteiger partial charge in [-0.25, -0.2) is 4.39 Å². The van der Waals surface area contributed by atoms with Gasteiger partial charge in [0.05, 0.1) is 26.7 Å². The molecule has 1 unspecified atom stereocenters. The van der Waals surface area contributed by atoms with Crippen molar-refractivity contribution in [3.05, 3.63) is 71.8 Å². The molecule has 3 aromatic heterocycles. The number of piperidine rings is 1. The Morgan fingerprint density at radius 2 is 1.78 bits per heavy atom. The van der Waals surface area contributed by atoms with Crippen molar-refractivity contribution in [3.63, 3.8) is 0 Å². The molecule has 3 fully saturated rings. The van der Waals surface area contributed by atoms with Crippen molar-refractivity contribution in [2.75, 3.05) is 46.3 Å². The topological polar surface area (TPSA) is 78.9 Å². The summed E-state index contributed by atoms with van der Waals surface area (Å²) in [6.45, 7) is 6.09. The van der Waals surface area contributed by atoms with E-state index in [0.717, 1.165) is 97.8 Å². The Morgan fingerprint density at radius 1 is 0.957 bits per heavy atom. The molecular formula is C36H40FN5O3S. The molecule has 5 heterocycles. The number of aromatic nitrogens is 2. The SMILES string of the molecule is CN1CCN(C(=O)C2CCCN(Cc3ccc(-c4cc5nccc(Oc6ccc(CC(=O)CC7CC7)cc6F)c5s4)nc3)C2)CC1. The Hall–Kier alpha value is -3.73. The van der Waals surface area contributed by atoms with E-state index in [2.05, 4.69) is 27.9 Å². The van der Waals surface area contributed by atoms with E-state index in [1.54, 1.807) is 24.4 Å². The molecule has 1 saturated carbocycles. The molecule has 3 aliphatic rings. The molecule has 1 aliphatic carbocycles. The lowest BCUT2D eigenvalue weighted by Gasteiger charge is -2.38. The maximum absolute atomic E-state index is 15.0. The van der Waals surface area contributed by atoms with E-state index < -0.39 is 5.82 Å². The summed E-state index contributed by atoms with van der Waals surface area (Å²) in [5, 5.41) is 0. The molecular weight excluding hydrogens is 601 g/mol. The van der Waals surface area contributed by atoms with Crippen LogP contribution in [0.15, 0.2) is 54.9 Å². The second-order valence-electron chi connectivity index (χ2n) is 13.1. The molecule has 1 amide bonds. The van der Waals surface area contributed by atoms with Gasteiger partial charge in [0, 0.05) is 70.6 Å². The summed E-state index contributed by atoms with van der Waals surface area (Å²) >= 11 is 1.51. The van der Waals surface area contributed by atoms with Gasteiger partial charge in [-0.2, -0.15) is 0 Å². The van der Waals surface area contributed by atoms with E-state index in [-0.39, 0.29) is 23.9 Å². The first kappa shape index (κ1) is 30.9. The van der Waals surface area contributed by atoms with Crippen LogP contribution in [0.5, 0.6) is 11.5 Å². The minimum absolute atomic E-state index is 0.0689. The third kappa shape index (κ3) is 7.29. The molecule has 2 aliphatic heterocycles. The van der Waals surface area contributed by atoms with Gasteiger partial charge in [0.1, 0.15) is 11.5 Å². The number of carbonyl (C=O) groups excluding carboxylic acids is 2. The van der Waals surface area contributed by atoms with Crippen molar-refractivity contribution < 1.29 is 18.7 Å². The lowest BCUT2D eigenvalue weighted by Crippen LogP contribution is -2.51. The number of nitrogens with zero attached hydrogens (tertiary/aromatic N) is 5. The average Bonchev–Trinajstić information content (AvgIpc) is 3.76. The highest BCUT2D eigenvalue weighted by atomic mass is 32.1. The quantitative estimate of drug-likeness (QED) is 0.205. The first-order valence-electron chi connectivity index (χ1n) is 16.4. The van der Waals surface area contributed by atoms with Crippen molar-refractivity contribution >= 4 is 33.2 Å². The Kier molecular flexibility index (Phi) is 9.10. The van der Waals surface area contributed by atoms with Crippen LogP contribution in [0, 0.1) is 17.7 Å². The fourth-order valence-electron chi connectivity index (χ4n) is 6.53. The molecule has 4 aromatic rings. The lowest BCUT2D eigenvalue weighted by molar-refractivity contribution is -0.139. The minimum Gasteiger partial charge on any atom is -0.453 e. The van der Waals surface area contributed by atoms with Crippen LogP contribution in [0.25, 0.3) is 20.8 Å². The first-order valence-corrected chi connectivity index (χ1v) is 17.2. The summed E-state index contributed by atoms with van der Waals surface area (Å²) in [6.07, 6.45) is 8.66. The number of ether oxygens (including phenoxy) is 1.